The molecule has 0 unspecified atom stereocenters. The Morgan fingerprint density at radius 2 is 1.76 bits per heavy atom. The number of anilines is 1. The molecule has 0 aromatic heterocycles. The lowest BCUT2D eigenvalue weighted by atomic mass is 10.1. The molecule has 0 spiro atoms. The number of nitrogens with one attached hydrogen (secondary N) is 1. The minimum absolute atomic E-state index is 0.158. The SMILES string of the molecule is Cc1cccc(NC(=O)COc2ccc(/C=C3\SC(=O)N(CCOc4cc(C)ccc4C)C3=O)cc2Br)c1. The average Bonchev–Trinajstić information content (AvgIpc) is 3.13. The highest BCUT2D eigenvalue weighted by Gasteiger charge is 2.34. The smallest absolute Gasteiger partial charge is 0.293 e. The molecule has 0 aliphatic carbocycles. The van der Waals surface area contributed by atoms with Gasteiger partial charge in [-0.25, -0.2) is 0 Å². The van der Waals surface area contributed by atoms with E-state index in [1.165, 1.54) is 4.90 Å². The summed E-state index contributed by atoms with van der Waals surface area (Å²) >= 11 is 4.36. The van der Waals surface area contributed by atoms with Gasteiger partial charge in [0.05, 0.1) is 15.9 Å². The number of imide groups is 1. The summed E-state index contributed by atoms with van der Waals surface area (Å²) in [6.07, 6.45) is 1.66. The summed E-state index contributed by atoms with van der Waals surface area (Å²) in [5.74, 6) is 0.598. The van der Waals surface area contributed by atoms with Crippen LogP contribution < -0.4 is 14.8 Å². The van der Waals surface area contributed by atoms with Gasteiger partial charge in [0.2, 0.25) is 0 Å². The van der Waals surface area contributed by atoms with Gasteiger partial charge in [-0.1, -0.05) is 30.3 Å². The minimum Gasteiger partial charge on any atom is -0.491 e. The Kier molecular flexibility index (Phi) is 8.91. The van der Waals surface area contributed by atoms with Gasteiger partial charge in [-0.3, -0.25) is 19.3 Å². The van der Waals surface area contributed by atoms with Crippen LogP contribution >= 0.6 is 27.7 Å². The van der Waals surface area contributed by atoms with Crippen LogP contribution in [0.4, 0.5) is 10.5 Å². The standard InChI is InChI=1S/C29H27BrN2O5S/c1-18-5-4-6-22(13-18)31-27(33)17-37-24-10-9-21(15-23(24)30)16-26-28(34)32(29(35)38-26)11-12-36-25-14-19(2)7-8-20(25)3/h4-10,13-16H,11-12,17H2,1-3H3,(H,31,33)/b26-16-. The second-order valence-electron chi connectivity index (χ2n) is 8.85. The number of aryl methyl sites for hydroxylation is 3. The molecule has 0 bridgehead atoms. The maximum absolute atomic E-state index is 12.9. The predicted molar refractivity (Wildman–Crippen MR) is 154 cm³/mol. The fourth-order valence-corrected chi connectivity index (χ4v) is 5.12. The van der Waals surface area contributed by atoms with Crippen molar-refractivity contribution in [2.24, 2.45) is 0 Å². The molecule has 1 aliphatic rings. The Labute approximate surface area is 234 Å². The topological polar surface area (TPSA) is 84.9 Å². The second kappa shape index (κ2) is 12.3. The number of rotatable bonds is 9. The van der Waals surface area contributed by atoms with Crippen molar-refractivity contribution in [1.82, 2.24) is 4.90 Å². The Hall–Kier alpha value is -3.56. The molecule has 0 saturated carbocycles. The first-order valence-corrected chi connectivity index (χ1v) is 13.5. The first kappa shape index (κ1) is 27.5. The number of amides is 3. The maximum Gasteiger partial charge on any atom is 0.293 e. The van der Waals surface area contributed by atoms with Crippen molar-refractivity contribution in [3.63, 3.8) is 0 Å². The molecular formula is C29H27BrN2O5S. The lowest BCUT2D eigenvalue weighted by molar-refractivity contribution is -0.123. The van der Waals surface area contributed by atoms with E-state index >= 15 is 0 Å². The van der Waals surface area contributed by atoms with Crippen molar-refractivity contribution < 1.29 is 23.9 Å². The first-order valence-electron chi connectivity index (χ1n) is 11.9. The van der Waals surface area contributed by atoms with Crippen LogP contribution in [0.2, 0.25) is 0 Å². The van der Waals surface area contributed by atoms with Gasteiger partial charge in [-0.05, 0) is 107 Å². The Morgan fingerprint density at radius 3 is 2.53 bits per heavy atom. The van der Waals surface area contributed by atoms with Gasteiger partial charge >= 0.3 is 0 Å². The lowest BCUT2D eigenvalue weighted by Gasteiger charge is -2.14. The summed E-state index contributed by atoms with van der Waals surface area (Å²) in [6, 6.07) is 18.7. The third kappa shape index (κ3) is 7.05. The predicted octanol–water partition coefficient (Wildman–Crippen LogP) is 6.51. The Balaban J connectivity index is 1.33. The van der Waals surface area contributed by atoms with Crippen LogP contribution in [0.5, 0.6) is 11.5 Å². The van der Waals surface area contributed by atoms with E-state index in [1.54, 1.807) is 24.3 Å². The van der Waals surface area contributed by atoms with Crippen LogP contribution in [0.3, 0.4) is 0 Å². The number of nitrogens with zero attached hydrogens (tertiary/aromatic N) is 1. The van der Waals surface area contributed by atoms with Crippen molar-refractivity contribution >= 4 is 56.5 Å². The number of benzene rings is 3. The number of carbonyl (C=O) groups is 3. The van der Waals surface area contributed by atoms with Crippen molar-refractivity contribution in [2.75, 3.05) is 25.1 Å². The number of thioether (sulfide) groups is 1. The zero-order valence-corrected chi connectivity index (χ0v) is 23.6. The number of hydrogen-bond donors (Lipinski definition) is 1. The number of halogens is 1. The third-order valence-corrected chi connectivity index (χ3v) is 7.23. The molecule has 7 nitrogen and oxygen atoms in total. The number of carbonyl (C=O) groups excluding carboxylic acids is 3. The van der Waals surface area contributed by atoms with Gasteiger partial charge in [0.1, 0.15) is 18.1 Å². The molecule has 1 heterocycles. The molecule has 196 valence electrons. The Morgan fingerprint density at radius 1 is 0.974 bits per heavy atom. The fraction of sp³-hybridized carbons (Fsp3) is 0.207. The van der Waals surface area contributed by atoms with Gasteiger partial charge in [-0.2, -0.15) is 0 Å². The first-order chi connectivity index (χ1) is 18.2. The molecule has 1 aliphatic heterocycles. The van der Waals surface area contributed by atoms with Gasteiger partial charge in [-0.15, -0.1) is 0 Å². The zero-order chi connectivity index (χ0) is 27.2. The molecule has 1 N–H and O–H groups in total. The summed E-state index contributed by atoms with van der Waals surface area (Å²) in [6.45, 7) is 6.10. The summed E-state index contributed by atoms with van der Waals surface area (Å²) < 4.78 is 12.1. The average molecular weight is 596 g/mol. The summed E-state index contributed by atoms with van der Waals surface area (Å²) in [5.41, 5.74) is 4.54. The van der Waals surface area contributed by atoms with E-state index in [1.807, 2.05) is 63.2 Å². The van der Waals surface area contributed by atoms with Crippen molar-refractivity contribution in [1.29, 1.82) is 0 Å². The molecule has 3 aromatic rings. The molecule has 1 fully saturated rings. The largest absolute Gasteiger partial charge is 0.491 e. The van der Waals surface area contributed by atoms with Gasteiger partial charge < -0.3 is 14.8 Å². The highest BCUT2D eigenvalue weighted by Crippen LogP contribution is 2.34. The summed E-state index contributed by atoms with van der Waals surface area (Å²) in [5, 5.41) is 2.47. The van der Waals surface area contributed by atoms with E-state index in [0.29, 0.717) is 26.4 Å². The summed E-state index contributed by atoms with van der Waals surface area (Å²) in [7, 11) is 0. The molecule has 4 rings (SSSR count). The molecular weight excluding hydrogens is 568 g/mol. The van der Waals surface area contributed by atoms with Crippen LogP contribution in [0.1, 0.15) is 22.3 Å². The van der Waals surface area contributed by atoms with Gasteiger partial charge in [0.25, 0.3) is 17.1 Å². The molecule has 38 heavy (non-hydrogen) atoms. The van der Waals surface area contributed by atoms with Crippen LogP contribution in [-0.2, 0) is 9.59 Å². The van der Waals surface area contributed by atoms with E-state index in [9.17, 15) is 14.4 Å². The van der Waals surface area contributed by atoms with Crippen LogP contribution in [-0.4, -0.2) is 41.7 Å². The fourth-order valence-electron chi connectivity index (χ4n) is 3.74. The van der Waals surface area contributed by atoms with Crippen molar-refractivity contribution in [2.45, 2.75) is 20.8 Å². The third-order valence-electron chi connectivity index (χ3n) is 5.70. The van der Waals surface area contributed by atoms with Crippen LogP contribution in [0.25, 0.3) is 6.08 Å². The Bertz CT molecular complexity index is 1420. The highest BCUT2D eigenvalue weighted by molar-refractivity contribution is 9.10. The van der Waals surface area contributed by atoms with E-state index in [2.05, 4.69) is 21.2 Å². The minimum atomic E-state index is -0.353. The van der Waals surface area contributed by atoms with Crippen molar-refractivity contribution in [3.05, 3.63) is 92.3 Å². The van der Waals surface area contributed by atoms with Crippen LogP contribution in [0, 0.1) is 20.8 Å². The van der Waals surface area contributed by atoms with E-state index in [4.69, 9.17) is 9.47 Å². The lowest BCUT2D eigenvalue weighted by Crippen LogP contribution is -2.32. The molecule has 3 aromatic carbocycles. The molecule has 0 atom stereocenters. The van der Waals surface area contributed by atoms with E-state index in [-0.39, 0.29) is 36.8 Å². The van der Waals surface area contributed by atoms with Gasteiger partial charge in [0.15, 0.2) is 6.61 Å². The normalized spacial score (nSPS) is 14.2. The van der Waals surface area contributed by atoms with Crippen molar-refractivity contribution in [3.8, 4) is 11.5 Å². The molecule has 1 saturated heterocycles. The monoisotopic (exact) mass is 594 g/mol. The molecule has 9 heteroatoms. The van der Waals surface area contributed by atoms with E-state index in [0.717, 1.165) is 34.2 Å². The maximum atomic E-state index is 12.9. The number of ether oxygens (including phenoxy) is 2. The number of hydrogen-bond acceptors (Lipinski definition) is 6. The summed E-state index contributed by atoms with van der Waals surface area (Å²) in [4.78, 5) is 39.1. The molecule has 0 radical (unpaired) electrons. The van der Waals surface area contributed by atoms with Gasteiger partial charge in [0, 0.05) is 5.69 Å². The quantitative estimate of drug-likeness (QED) is 0.284. The van der Waals surface area contributed by atoms with E-state index < -0.39 is 0 Å². The zero-order valence-electron chi connectivity index (χ0n) is 21.2. The molecule has 3 amide bonds. The van der Waals surface area contributed by atoms with Crippen LogP contribution in [0.15, 0.2) is 70.0 Å². The second-order valence-corrected chi connectivity index (χ2v) is 10.7. The highest BCUT2D eigenvalue weighted by atomic mass is 79.9.